The van der Waals surface area contributed by atoms with Gasteiger partial charge in [0.1, 0.15) is 19.0 Å². The van der Waals surface area contributed by atoms with Gasteiger partial charge in [-0.25, -0.2) is 9.59 Å². The quantitative estimate of drug-likeness (QED) is 0.458. The Morgan fingerprint density at radius 2 is 1.84 bits per heavy atom. The zero-order valence-electron chi connectivity index (χ0n) is 18.1. The largest absolute Gasteiger partial charge is 0.489 e. The monoisotopic (exact) mass is 440 g/mol. The number of carbonyl (C=O) groups excluding carboxylic acids is 2. The molecule has 3 rings (SSSR count). The number of hydrogen-bond donors (Lipinski definition) is 1. The lowest BCUT2D eigenvalue weighted by Crippen LogP contribution is -2.46. The highest BCUT2D eigenvalue weighted by atomic mass is 32.2. The number of nitrogens with one attached hydrogen (secondary N) is 1. The molecule has 0 bridgehead atoms. The number of benzene rings is 2. The number of allylic oxidation sites excluding steroid dienone is 1. The van der Waals surface area contributed by atoms with E-state index in [0.717, 1.165) is 17.1 Å². The van der Waals surface area contributed by atoms with Gasteiger partial charge in [0.2, 0.25) is 0 Å². The fourth-order valence-corrected chi connectivity index (χ4v) is 3.82. The lowest BCUT2D eigenvalue weighted by molar-refractivity contribution is -0.139. The van der Waals surface area contributed by atoms with E-state index in [9.17, 15) is 9.59 Å². The summed E-state index contributed by atoms with van der Waals surface area (Å²) < 4.78 is 11.6. The number of urea groups is 1. The summed E-state index contributed by atoms with van der Waals surface area (Å²) >= 11 is 1.71. The van der Waals surface area contributed by atoms with Crippen molar-refractivity contribution in [2.24, 2.45) is 0 Å². The number of ether oxygens (including phenoxy) is 2. The van der Waals surface area contributed by atoms with Gasteiger partial charge in [-0.2, -0.15) is 11.8 Å². The minimum absolute atomic E-state index is 0.279. The summed E-state index contributed by atoms with van der Waals surface area (Å²) in [6.07, 6.45) is 0. The van der Waals surface area contributed by atoms with Crippen LogP contribution >= 0.6 is 11.8 Å². The highest BCUT2D eigenvalue weighted by Gasteiger charge is 2.36. The molecule has 0 aliphatic carbocycles. The van der Waals surface area contributed by atoms with Crippen LogP contribution in [0.5, 0.6) is 5.75 Å². The summed E-state index contributed by atoms with van der Waals surface area (Å²) in [6.45, 7) is 4.53. The number of esters is 1. The Morgan fingerprint density at radius 3 is 2.58 bits per heavy atom. The number of rotatable bonds is 9. The van der Waals surface area contributed by atoms with Gasteiger partial charge in [-0.3, -0.25) is 0 Å². The summed E-state index contributed by atoms with van der Waals surface area (Å²) in [5.74, 6) is 1.88. The molecule has 31 heavy (non-hydrogen) atoms. The number of carbonyl (C=O) groups is 2. The molecule has 0 saturated carbocycles. The maximum absolute atomic E-state index is 13.0. The molecule has 1 aliphatic heterocycles. The Labute approximate surface area is 187 Å². The molecule has 1 heterocycles. The average molecular weight is 441 g/mol. The fourth-order valence-electron chi connectivity index (χ4n) is 3.33. The smallest absolute Gasteiger partial charge is 0.338 e. The molecular weight excluding hydrogens is 412 g/mol. The summed E-state index contributed by atoms with van der Waals surface area (Å²) in [7, 11) is 1.64. The third-order valence-electron chi connectivity index (χ3n) is 5.11. The van der Waals surface area contributed by atoms with E-state index >= 15 is 0 Å². The van der Waals surface area contributed by atoms with Crippen LogP contribution in [0.1, 0.15) is 31.0 Å². The van der Waals surface area contributed by atoms with Crippen molar-refractivity contribution in [2.75, 3.05) is 25.2 Å². The van der Waals surface area contributed by atoms with E-state index in [0.29, 0.717) is 35.8 Å². The predicted octanol–water partition coefficient (Wildman–Crippen LogP) is 4.53. The van der Waals surface area contributed by atoms with E-state index in [1.807, 2.05) is 54.6 Å². The molecular formula is C24H28N2O4S. The van der Waals surface area contributed by atoms with Crippen molar-refractivity contribution in [3.63, 3.8) is 0 Å². The van der Waals surface area contributed by atoms with Crippen LogP contribution in [0.15, 0.2) is 65.9 Å². The highest BCUT2D eigenvalue weighted by molar-refractivity contribution is 7.99. The van der Waals surface area contributed by atoms with Gasteiger partial charge in [-0.15, -0.1) is 0 Å². The molecule has 1 N–H and O–H groups in total. The molecule has 0 fully saturated rings. The maximum atomic E-state index is 13.0. The third-order valence-corrected chi connectivity index (χ3v) is 5.97. The lowest BCUT2D eigenvalue weighted by atomic mass is 9.94. The second-order valence-electron chi connectivity index (χ2n) is 7.09. The van der Waals surface area contributed by atoms with Crippen molar-refractivity contribution in [3.05, 3.63) is 77.0 Å². The Balaban J connectivity index is 1.88. The second kappa shape index (κ2) is 10.9. The topological polar surface area (TPSA) is 67.9 Å². The SMILES string of the molecule is CCSCCOC(=O)C1=C(C)N(C)C(=O)NC1c1ccccc1OCc1ccccc1. The Bertz CT molecular complexity index is 946. The molecule has 0 radical (unpaired) electrons. The van der Waals surface area contributed by atoms with Crippen LogP contribution in [0.25, 0.3) is 0 Å². The van der Waals surface area contributed by atoms with Gasteiger partial charge in [-0.05, 0) is 24.3 Å². The number of nitrogens with zero attached hydrogens (tertiary/aromatic N) is 1. The van der Waals surface area contributed by atoms with E-state index in [1.54, 1.807) is 25.7 Å². The molecule has 7 heteroatoms. The summed E-state index contributed by atoms with van der Waals surface area (Å²) in [6, 6.07) is 16.4. The van der Waals surface area contributed by atoms with Crippen molar-refractivity contribution in [3.8, 4) is 5.75 Å². The van der Waals surface area contributed by atoms with Crippen LogP contribution in [0.3, 0.4) is 0 Å². The van der Waals surface area contributed by atoms with E-state index in [4.69, 9.17) is 9.47 Å². The molecule has 2 amide bonds. The minimum atomic E-state index is -0.651. The molecule has 6 nitrogen and oxygen atoms in total. The third kappa shape index (κ3) is 5.61. The van der Waals surface area contributed by atoms with Crippen LogP contribution in [0.2, 0.25) is 0 Å². The molecule has 0 aromatic heterocycles. The maximum Gasteiger partial charge on any atom is 0.338 e. The van der Waals surface area contributed by atoms with Crippen LogP contribution < -0.4 is 10.1 Å². The number of amides is 2. The Morgan fingerprint density at radius 1 is 1.13 bits per heavy atom. The number of hydrogen-bond acceptors (Lipinski definition) is 5. The van der Waals surface area contributed by atoms with Gasteiger partial charge in [0, 0.05) is 24.1 Å². The van der Waals surface area contributed by atoms with E-state index in [1.165, 1.54) is 4.90 Å². The molecule has 1 unspecified atom stereocenters. The van der Waals surface area contributed by atoms with Crippen LogP contribution in [0.4, 0.5) is 4.79 Å². The molecule has 2 aromatic rings. The van der Waals surface area contributed by atoms with Gasteiger partial charge in [-0.1, -0.05) is 55.5 Å². The first-order chi connectivity index (χ1) is 15.0. The Hall–Kier alpha value is -2.93. The molecule has 1 atom stereocenters. The predicted molar refractivity (Wildman–Crippen MR) is 123 cm³/mol. The van der Waals surface area contributed by atoms with Crippen molar-refractivity contribution < 1.29 is 19.1 Å². The molecule has 2 aromatic carbocycles. The Kier molecular flexibility index (Phi) is 8.00. The van der Waals surface area contributed by atoms with E-state index in [2.05, 4.69) is 12.2 Å². The second-order valence-corrected chi connectivity index (χ2v) is 8.48. The molecule has 1 aliphatic rings. The van der Waals surface area contributed by atoms with Gasteiger partial charge in [0.15, 0.2) is 0 Å². The zero-order valence-corrected chi connectivity index (χ0v) is 18.9. The first-order valence-corrected chi connectivity index (χ1v) is 11.4. The highest BCUT2D eigenvalue weighted by Crippen LogP contribution is 2.35. The van der Waals surface area contributed by atoms with Crippen molar-refractivity contribution in [1.29, 1.82) is 0 Å². The van der Waals surface area contributed by atoms with Gasteiger partial charge >= 0.3 is 12.0 Å². The van der Waals surface area contributed by atoms with Gasteiger partial charge in [0.25, 0.3) is 0 Å². The standard InChI is InChI=1S/C24H28N2O4S/c1-4-31-15-14-29-23(27)21-17(2)26(3)24(28)25-22(21)19-12-8-9-13-20(19)30-16-18-10-6-5-7-11-18/h5-13,22H,4,14-16H2,1-3H3,(H,25,28). The van der Waals surface area contributed by atoms with Crippen LogP contribution in [-0.4, -0.2) is 42.1 Å². The molecule has 0 spiro atoms. The normalized spacial score (nSPS) is 16.2. The fraction of sp³-hybridized carbons (Fsp3) is 0.333. The minimum Gasteiger partial charge on any atom is -0.489 e. The van der Waals surface area contributed by atoms with E-state index < -0.39 is 12.0 Å². The number of para-hydroxylation sites is 1. The zero-order chi connectivity index (χ0) is 22.2. The first kappa shape index (κ1) is 22.7. The summed E-state index contributed by atoms with van der Waals surface area (Å²) in [5, 5.41) is 2.93. The molecule has 164 valence electrons. The van der Waals surface area contributed by atoms with Crippen molar-refractivity contribution >= 4 is 23.8 Å². The summed E-state index contributed by atoms with van der Waals surface area (Å²) in [4.78, 5) is 27.0. The van der Waals surface area contributed by atoms with Crippen molar-refractivity contribution in [2.45, 2.75) is 26.5 Å². The lowest BCUT2D eigenvalue weighted by Gasteiger charge is -2.33. The van der Waals surface area contributed by atoms with Crippen molar-refractivity contribution in [1.82, 2.24) is 10.2 Å². The average Bonchev–Trinajstić information content (AvgIpc) is 2.79. The van der Waals surface area contributed by atoms with E-state index in [-0.39, 0.29) is 6.03 Å². The van der Waals surface area contributed by atoms with Gasteiger partial charge in [0.05, 0.1) is 11.6 Å². The summed E-state index contributed by atoms with van der Waals surface area (Å²) in [5.41, 5.74) is 2.73. The number of thioether (sulfide) groups is 1. The van der Waals surface area contributed by atoms with Gasteiger partial charge < -0.3 is 19.7 Å². The van der Waals surface area contributed by atoms with Crippen LogP contribution in [-0.2, 0) is 16.1 Å². The van der Waals surface area contributed by atoms with Crippen LogP contribution in [0, 0.1) is 0 Å². The molecule has 0 saturated heterocycles. The first-order valence-electron chi connectivity index (χ1n) is 10.3.